The molecule has 11 N–H and O–H groups in total. The summed E-state index contributed by atoms with van der Waals surface area (Å²) in [6, 6.07) is 9.28. The molecule has 0 aromatic heterocycles. The van der Waals surface area contributed by atoms with E-state index < -0.39 is 29.6 Å². The van der Waals surface area contributed by atoms with Crippen LogP contribution in [0.1, 0.15) is 63.4 Å². The second-order valence-electron chi connectivity index (χ2n) is 12.5. The number of halogens is 3. The minimum Gasteiger partial charge on any atom is -0.475 e. The first kappa shape index (κ1) is 52.6. The molecule has 0 bridgehead atoms. The number of nitrogens with two attached hydrogens (primary N) is 3. The van der Waals surface area contributed by atoms with E-state index in [4.69, 9.17) is 46.0 Å². The van der Waals surface area contributed by atoms with Crippen molar-refractivity contribution in [3.63, 3.8) is 0 Å². The molecule has 0 heterocycles. The molecule has 4 amide bonds. The standard InChI is InChI=1S/C34H59N7O9.C2HF3O2/c35-15-5-18-38-29(42)12-21-47-25-34(26-48-22-13-30(43)39-19-6-16-36,27-49-23-14-31(44)40-20-7-17-37)41-32(45)10-4-11-33(46)50-24-28-8-2-1-3-9-28;3-2(4,5)1(6)7/h1-3,8-9H,4-7,10-27,35-37H2,(H,38,42)(H,39,43)(H,40,44)(H,41,45);(H,6,7). The molecule has 0 radical (unpaired) electrons. The molecular weight excluding hydrogens is 763 g/mol. The van der Waals surface area contributed by atoms with Gasteiger partial charge in [-0.05, 0) is 50.9 Å². The van der Waals surface area contributed by atoms with Crippen LogP contribution in [0.3, 0.4) is 0 Å². The molecule has 0 saturated heterocycles. The van der Waals surface area contributed by atoms with E-state index in [1.165, 1.54) is 0 Å². The number of rotatable bonds is 31. The molecule has 1 rings (SSSR count). The second-order valence-corrected chi connectivity index (χ2v) is 12.5. The van der Waals surface area contributed by atoms with Gasteiger partial charge in [0.25, 0.3) is 0 Å². The summed E-state index contributed by atoms with van der Waals surface area (Å²) in [7, 11) is 0. The molecule has 0 spiro atoms. The maximum absolute atomic E-state index is 13.2. The third-order valence-corrected chi connectivity index (χ3v) is 7.34. The van der Waals surface area contributed by atoms with Crippen LogP contribution < -0.4 is 38.5 Å². The van der Waals surface area contributed by atoms with Gasteiger partial charge in [0, 0.05) is 51.7 Å². The third kappa shape index (κ3) is 30.4. The van der Waals surface area contributed by atoms with Gasteiger partial charge >= 0.3 is 18.1 Å². The van der Waals surface area contributed by atoms with E-state index in [1.54, 1.807) is 0 Å². The Morgan fingerprint density at radius 1 is 0.596 bits per heavy atom. The first-order valence-corrected chi connectivity index (χ1v) is 18.6. The average molecular weight is 824 g/mol. The van der Waals surface area contributed by atoms with Crippen LogP contribution >= 0.6 is 0 Å². The molecule has 0 saturated carbocycles. The largest absolute Gasteiger partial charge is 0.490 e. The molecule has 21 heteroatoms. The van der Waals surface area contributed by atoms with Gasteiger partial charge in [-0.2, -0.15) is 13.2 Å². The summed E-state index contributed by atoms with van der Waals surface area (Å²) >= 11 is 0. The minimum atomic E-state index is -5.08. The molecule has 0 aliphatic carbocycles. The lowest BCUT2D eigenvalue weighted by atomic mass is 10.0. The fraction of sp³-hybridized carbons (Fsp3) is 0.667. The highest BCUT2D eigenvalue weighted by Crippen LogP contribution is 2.14. The van der Waals surface area contributed by atoms with Crippen LogP contribution in [0, 0.1) is 0 Å². The van der Waals surface area contributed by atoms with Crippen molar-refractivity contribution in [2.24, 2.45) is 17.2 Å². The summed E-state index contributed by atoms with van der Waals surface area (Å²) in [5.41, 5.74) is 16.1. The van der Waals surface area contributed by atoms with Gasteiger partial charge in [0.1, 0.15) is 12.1 Å². The zero-order valence-electron chi connectivity index (χ0n) is 32.3. The Labute approximate surface area is 330 Å². The van der Waals surface area contributed by atoms with Gasteiger partial charge in [0.05, 0.1) is 39.6 Å². The third-order valence-electron chi connectivity index (χ3n) is 7.34. The predicted octanol–water partition coefficient (Wildman–Crippen LogP) is 0.00350. The zero-order chi connectivity index (χ0) is 42.8. The average Bonchev–Trinajstić information content (AvgIpc) is 3.16. The molecule has 1 aromatic rings. The maximum atomic E-state index is 13.2. The van der Waals surface area contributed by atoms with Crippen molar-refractivity contribution >= 4 is 35.6 Å². The monoisotopic (exact) mass is 823 g/mol. The SMILES string of the molecule is NCCCNC(=O)CCOCC(COCCC(=O)NCCCN)(COCCC(=O)NCCCN)NC(=O)CCCC(=O)OCc1ccccc1.O=C(O)C(F)(F)F. The molecule has 0 atom stereocenters. The second kappa shape index (κ2) is 32.7. The minimum absolute atomic E-state index is 0.00116. The lowest BCUT2D eigenvalue weighted by molar-refractivity contribution is -0.192. The van der Waals surface area contributed by atoms with Crippen LogP contribution in [-0.4, -0.2) is 131 Å². The number of hydrogen-bond donors (Lipinski definition) is 8. The van der Waals surface area contributed by atoms with E-state index in [9.17, 15) is 37.1 Å². The van der Waals surface area contributed by atoms with Gasteiger partial charge in [-0.1, -0.05) is 30.3 Å². The highest BCUT2D eigenvalue weighted by molar-refractivity contribution is 5.78. The van der Waals surface area contributed by atoms with Crippen LogP contribution in [0.15, 0.2) is 30.3 Å². The van der Waals surface area contributed by atoms with Gasteiger partial charge in [0.2, 0.25) is 23.6 Å². The molecule has 326 valence electrons. The highest BCUT2D eigenvalue weighted by atomic mass is 19.4. The van der Waals surface area contributed by atoms with E-state index in [0.717, 1.165) is 5.56 Å². The van der Waals surface area contributed by atoms with Crippen molar-refractivity contribution in [3.8, 4) is 0 Å². The first-order valence-electron chi connectivity index (χ1n) is 18.6. The number of alkyl halides is 3. The highest BCUT2D eigenvalue weighted by Gasteiger charge is 2.38. The Morgan fingerprint density at radius 3 is 1.37 bits per heavy atom. The van der Waals surface area contributed by atoms with E-state index in [1.807, 2.05) is 30.3 Å². The summed E-state index contributed by atoms with van der Waals surface area (Å²) in [6.45, 7) is 2.73. The quantitative estimate of drug-likeness (QED) is 0.0362. The molecule has 0 aliphatic rings. The van der Waals surface area contributed by atoms with Crippen LogP contribution in [-0.2, 0) is 54.3 Å². The topological polar surface area (TPSA) is 286 Å². The van der Waals surface area contributed by atoms with E-state index in [0.29, 0.717) is 58.5 Å². The van der Waals surface area contributed by atoms with Crippen LogP contribution in [0.2, 0.25) is 0 Å². The Bertz CT molecular complexity index is 1220. The number of carboxylic acids is 1. The molecule has 18 nitrogen and oxygen atoms in total. The molecule has 57 heavy (non-hydrogen) atoms. The van der Waals surface area contributed by atoms with Crippen molar-refractivity contribution in [2.45, 2.75) is 76.1 Å². The molecule has 0 aliphatic heterocycles. The van der Waals surface area contributed by atoms with Crippen molar-refractivity contribution in [2.75, 3.05) is 78.9 Å². The molecule has 1 aromatic carbocycles. The summed E-state index contributed by atoms with van der Waals surface area (Å²) < 4.78 is 54.6. The number of aliphatic carboxylic acids is 1. The number of carboxylic acid groups (broad SMARTS) is 1. The van der Waals surface area contributed by atoms with Crippen molar-refractivity contribution in [3.05, 3.63) is 35.9 Å². The number of hydrogen-bond acceptors (Lipinski definition) is 13. The van der Waals surface area contributed by atoms with Gasteiger partial charge in [-0.3, -0.25) is 24.0 Å². The lowest BCUT2D eigenvalue weighted by Gasteiger charge is -2.34. The summed E-state index contributed by atoms with van der Waals surface area (Å²) in [6.07, 6.45) is -2.64. The Kier molecular flexibility index (Phi) is 30.1. The van der Waals surface area contributed by atoms with Crippen LogP contribution in [0.4, 0.5) is 13.2 Å². The number of carbonyl (C=O) groups is 6. The van der Waals surface area contributed by atoms with E-state index in [-0.39, 0.29) is 102 Å². The van der Waals surface area contributed by atoms with Crippen LogP contribution in [0.25, 0.3) is 0 Å². The predicted molar refractivity (Wildman–Crippen MR) is 201 cm³/mol. The lowest BCUT2D eigenvalue weighted by Crippen LogP contribution is -2.58. The fourth-order valence-corrected chi connectivity index (χ4v) is 4.35. The first-order chi connectivity index (χ1) is 27.2. The Morgan fingerprint density at radius 2 is 1.00 bits per heavy atom. The summed E-state index contributed by atoms with van der Waals surface area (Å²) in [4.78, 5) is 71.0. The maximum Gasteiger partial charge on any atom is 0.490 e. The normalized spacial score (nSPS) is 11.1. The molecule has 0 unspecified atom stereocenters. The number of nitrogens with one attached hydrogen (secondary N) is 4. The molecule has 0 fully saturated rings. The number of amides is 4. The molecular formula is C36H60F3N7O11. The van der Waals surface area contributed by atoms with Crippen molar-refractivity contribution < 1.29 is 66.0 Å². The number of benzene rings is 1. The number of ether oxygens (including phenoxy) is 4. The number of esters is 1. The van der Waals surface area contributed by atoms with Gasteiger partial charge < -0.3 is 62.5 Å². The Balaban J connectivity index is 0.00000407. The van der Waals surface area contributed by atoms with Gasteiger partial charge in [-0.15, -0.1) is 0 Å². The van der Waals surface area contributed by atoms with Crippen LogP contribution in [0.5, 0.6) is 0 Å². The van der Waals surface area contributed by atoms with Gasteiger partial charge in [0.15, 0.2) is 0 Å². The van der Waals surface area contributed by atoms with Crippen molar-refractivity contribution in [1.29, 1.82) is 0 Å². The summed E-state index contributed by atoms with van der Waals surface area (Å²) in [5, 5.41) is 18.3. The van der Waals surface area contributed by atoms with Gasteiger partial charge in [-0.25, -0.2) is 4.79 Å². The zero-order valence-corrected chi connectivity index (χ0v) is 32.3. The summed E-state index contributed by atoms with van der Waals surface area (Å²) in [5.74, 6) is -4.20. The number of carbonyl (C=O) groups excluding carboxylic acids is 5. The van der Waals surface area contributed by atoms with E-state index >= 15 is 0 Å². The fourth-order valence-electron chi connectivity index (χ4n) is 4.35. The Hall–Kier alpha value is -4.41. The van der Waals surface area contributed by atoms with E-state index in [2.05, 4.69) is 21.3 Å². The van der Waals surface area contributed by atoms with Crippen molar-refractivity contribution in [1.82, 2.24) is 21.3 Å². The smallest absolute Gasteiger partial charge is 0.475 e.